The zero-order chi connectivity index (χ0) is 13.1. The van der Waals surface area contributed by atoms with Crippen molar-refractivity contribution in [1.82, 2.24) is 5.32 Å². The van der Waals surface area contributed by atoms with E-state index >= 15 is 0 Å². The number of hydrogen-bond acceptors (Lipinski definition) is 1. The Morgan fingerprint density at radius 2 is 2.11 bits per heavy atom. The maximum atomic E-state index is 13.9. The topological polar surface area (TPSA) is 12.0 Å². The first kappa shape index (κ1) is 13.5. The number of nitrogens with one attached hydrogen (secondary N) is 1. The molecular formula is C15H21F2N. The van der Waals surface area contributed by atoms with Crippen molar-refractivity contribution >= 4 is 0 Å². The molecular weight excluding hydrogens is 232 g/mol. The monoisotopic (exact) mass is 253 g/mol. The minimum absolute atomic E-state index is 0.0720. The maximum absolute atomic E-state index is 13.9. The molecule has 0 bridgehead atoms. The van der Waals surface area contributed by atoms with Gasteiger partial charge >= 0.3 is 0 Å². The van der Waals surface area contributed by atoms with Gasteiger partial charge in [0, 0.05) is 11.6 Å². The molecule has 3 atom stereocenters. The molecule has 1 aromatic rings. The Morgan fingerprint density at radius 3 is 2.72 bits per heavy atom. The molecule has 0 amide bonds. The highest BCUT2D eigenvalue weighted by molar-refractivity contribution is 5.23. The Hall–Kier alpha value is -0.960. The third kappa shape index (κ3) is 2.56. The van der Waals surface area contributed by atoms with Gasteiger partial charge in [-0.25, -0.2) is 8.78 Å². The van der Waals surface area contributed by atoms with Crippen LogP contribution in [0.3, 0.4) is 0 Å². The number of hydrogen-bond donors (Lipinski definition) is 1. The van der Waals surface area contributed by atoms with Crippen molar-refractivity contribution in [3.05, 3.63) is 35.4 Å². The van der Waals surface area contributed by atoms with Crippen LogP contribution < -0.4 is 5.32 Å². The first-order chi connectivity index (χ1) is 8.67. The summed E-state index contributed by atoms with van der Waals surface area (Å²) in [6.07, 6.45) is 4.59. The van der Waals surface area contributed by atoms with E-state index in [4.69, 9.17) is 0 Å². The first-order valence-electron chi connectivity index (χ1n) is 6.78. The lowest BCUT2D eigenvalue weighted by molar-refractivity contribution is 0.357. The van der Waals surface area contributed by atoms with Crippen LogP contribution in [0.25, 0.3) is 0 Å². The van der Waals surface area contributed by atoms with Crippen LogP contribution in [0.5, 0.6) is 0 Å². The predicted molar refractivity (Wildman–Crippen MR) is 69.3 cm³/mol. The molecule has 3 heteroatoms. The largest absolute Gasteiger partial charge is 0.313 e. The van der Waals surface area contributed by atoms with Crippen molar-refractivity contribution in [2.24, 2.45) is 11.8 Å². The van der Waals surface area contributed by atoms with Crippen LogP contribution in [0.4, 0.5) is 8.78 Å². The third-order valence-corrected chi connectivity index (χ3v) is 4.26. The van der Waals surface area contributed by atoms with Crippen LogP contribution >= 0.6 is 0 Å². The minimum Gasteiger partial charge on any atom is -0.313 e. The van der Waals surface area contributed by atoms with Crippen molar-refractivity contribution in [1.29, 1.82) is 0 Å². The molecule has 1 aliphatic carbocycles. The van der Waals surface area contributed by atoms with Crippen LogP contribution in [0, 0.1) is 23.5 Å². The fourth-order valence-corrected chi connectivity index (χ4v) is 3.19. The maximum Gasteiger partial charge on any atom is 0.163 e. The Bertz CT molecular complexity index is 405. The molecule has 2 rings (SSSR count). The first-order valence-corrected chi connectivity index (χ1v) is 6.78. The summed E-state index contributed by atoms with van der Waals surface area (Å²) in [6, 6.07) is 4.38. The Morgan fingerprint density at radius 1 is 1.33 bits per heavy atom. The van der Waals surface area contributed by atoms with Crippen molar-refractivity contribution in [3.8, 4) is 0 Å². The van der Waals surface area contributed by atoms with Gasteiger partial charge < -0.3 is 5.32 Å². The van der Waals surface area contributed by atoms with Gasteiger partial charge in [0.1, 0.15) is 0 Å². The second-order valence-corrected chi connectivity index (χ2v) is 5.26. The average Bonchev–Trinajstić information content (AvgIpc) is 2.84. The number of benzene rings is 1. The molecule has 0 saturated heterocycles. The van der Waals surface area contributed by atoms with Crippen molar-refractivity contribution in [3.63, 3.8) is 0 Å². The fourth-order valence-electron chi connectivity index (χ4n) is 3.19. The van der Waals surface area contributed by atoms with Crippen LogP contribution in [0.1, 0.15) is 44.2 Å². The molecule has 1 fully saturated rings. The molecule has 0 radical (unpaired) electrons. The summed E-state index contributed by atoms with van der Waals surface area (Å²) in [7, 11) is 1.83. The molecule has 0 heterocycles. The Labute approximate surface area is 108 Å². The minimum atomic E-state index is -0.752. The second kappa shape index (κ2) is 5.79. The Balaban J connectivity index is 2.21. The van der Waals surface area contributed by atoms with Gasteiger partial charge in [0.15, 0.2) is 11.6 Å². The second-order valence-electron chi connectivity index (χ2n) is 5.26. The highest BCUT2D eigenvalue weighted by atomic mass is 19.2. The van der Waals surface area contributed by atoms with Crippen LogP contribution in [-0.2, 0) is 0 Å². The molecule has 1 nitrogen and oxygen atoms in total. The average molecular weight is 253 g/mol. The zero-order valence-electron chi connectivity index (χ0n) is 11.0. The molecule has 1 saturated carbocycles. The molecule has 1 aliphatic rings. The van der Waals surface area contributed by atoms with Crippen LogP contribution in [0.2, 0.25) is 0 Å². The lowest BCUT2D eigenvalue weighted by atomic mass is 9.90. The van der Waals surface area contributed by atoms with E-state index in [1.54, 1.807) is 12.1 Å². The molecule has 1 aromatic carbocycles. The molecule has 1 N–H and O–H groups in total. The van der Waals surface area contributed by atoms with E-state index in [-0.39, 0.29) is 6.04 Å². The summed E-state index contributed by atoms with van der Waals surface area (Å²) in [5, 5.41) is 3.17. The smallest absolute Gasteiger partial charge is 0.163 e. The van der Waals surface area contributed by atoms with Gasteiger partial charge in [0.2, 0.25) is 0 Å². The van der Waals surface area contributed by atoms with Gasteiger partial charge in [-0.2, -0.15) is 0 Å². The third-order valence-electron chi connectivity index (χ3n) is 4.26. The van der Waals surface area contributed by atoms with Gasteiger partial charge in [-0.15, -0.1) is 0 Å². The number of halogens is 2. The molecule has 0 aliphatic heterocycles. The van der Waals surface area contributed by atoms with Crippen molar-refractivity contribution in [2.75, 3.05) is 7.05 Å². The van der Waals surface area contributed by atoms with Gasteiger partial charge in [-0.05, 0) is 37.8 Å². The molecule has 0 spiro atoms. The van der Waals surface area contributed by atoms with E-state index in [2.05, 4.69) is 12.2 Å². The van der Waals surface area contributed by atoms with Gasteiger partial charge in [-0.1, -0.05) is 31.9 Å². The van der Waals surface area contributed by atoms with Crippen LogP contribution in [-0.4, -0.2) is 7.05 Å². The van der Waals surface area contributed by atoms with Crippen molar-refractivity contribution in [2.45, 2.75) is 38.6 Å². The summed E-state index contributed by atoms with van der Waals surface area (Å²) >= 11 is 0. The van der Waals surface area contributed by atoms with E-state index in [1.807, 2.05) is 7.05 Å². The summed E-state index contributed by atoms with van der Waals surface area (Å²) < 4.78 is 27.2. The predicted octanol–water partition coefficient (Wildman–Crippen LogP) is 4.05. The Kier molecular flexibility index (Phi) is 4.33. The lowest BCUT2D eigenvalue weighted by Gasteiger charge is -2.24. The highest BCUT2D eigenvalue weighted by Crippen LogP contribution is 2.40. The lowest BCUT2D eigenvalue weighted by Crippen LogP contribution is -2.25. The molecule has 18 heavy (non-hydrogen) atoms. The summed E-state index contributed by atoms with van der Waals surface area (Å²) in [5.74, 6) is -0.298. The molecule has 3 unspecified atom stereocenters. The summed E-state index contributed by atoms with van der Waals surface area (Å²) in [4.78, 5) is 0. The van der Waals surface area contributed by atoms with Crippen molar-refractivity contribution < 1.29 is 8.78 Å². The van der Waals surface area contributed by atoms with E-state index in [0.717, 1.165) is 18.8 Å². The quantitative estimate of drug-likeness (QED) is 0.853. The summed E-state index contributed by atoms with van der Waals surface area (Å²) in [5.41, 5.74) is 0.472. The van der Waals surface area contributed by atoms with Gasteiger partial charge in [-0.3, -0.25) is 0 Å². The normalized spacial score (nSPS) is 25.3. The SMILES string of the molecule is CCC1CCC(C(NC)c2cccc(F)c2F)C1. The van der Waals surface area contributed by atoms with Gasteiger partial charge in [0.05, 0.1) is 0 Å². The van der Waals surface area contributed by atoms with Crippen LogP contribution in [0.15, 0.2) is 18.2 Å². The zero-order valence-corrected chi connectivity index (χ0v) is 11.0. The van der Waals surface area contributed by atoms with Gasteiger partial charge in [0.25, 0.3) is 0 Å². The highest BCUT2D eigenvalue weighted by Gasteiger charge is 2.31. The van der Waals surface area contributed by atoms with E-state index in [1.165, 1.54) is 18.9 Å². The van der Waals surface area contributed by atoms with E-state index in [0.29, 0.717) is 11.5 Å². The van der Waals surface area contributed by atoms with E-state index < -0.39 is 11.6 Å². The summed E-state index contributed by atoms with van der Waals surface area (Å²) in [6.45, 7) is 2.20. The fraction of sp³-hybridized carbons (Fsp3) is 0.600. The molecule has 0 aromatic heterocycles. The van der Waals surface area contributed by atoms with E-state index in [9.17, 15) is 8.78 Å². The standard InChI is InChI=1S/C15H21F2N/c1-3-10-7-8-11(9-10)15(18-2)12-5-4-6-13(16)14(12)17/h4-6,10-11,15,18H,3,7-9H2,1-2H3. The molecule has 100 valence electrons. The number of rotatable bonds is 4.